The number of fused-ring (bicyclic) bond motifs is 1. The molecular weight excluding hydrogens is 321 g/mol. The molecule has 0 saturated carbocycles. The van der Waals surface area contributed by atoms with Crippen molar-refractivity contribution in [2.45, 2.75) is 0 Å². The molecule has 2 heterocycles. The van der Waals surface area contributed by atoms with Gasteiger partial charge in [-0.25, -0.2) is 9.07 Å². The van der Waals surface area contributed by atoms with Crippen LogP contribution in [0.25, 0.3) is 33.9 Å². The summed E-state index contributed by atoms with van der Waals surface area (Å²) < 4.78 is 20.7. The topological polar surface area (TPSA) is 69.6 Å². The van der Waals surface area contributed by atoms with Crippen molar-refractivity contribution < 1.29 is 8.91 Å². The van der Waals surface area contributed by atoms with Crippen LogP contribution in [0.15, 0.2) is 40.9 Å². The number of rotatable bonds is 2. The first-order valence-corrected chi connectivity index (χ1v) is 7.09. The van der Waals surface area contributed by atoms with Gasteiger partial charge in [0.25, 0.3) is 5.89 Å². The minimum absolute atomic E-state index is 0.0336. The number of halogens is 2. The lowest BCUT2D eigenvalue weighted by molar-refractivity contribution is 0.430. The van der Waals surface area contributed by atoms with Crippen molar-refractivity contribution >= 4 is 22.6 Å². The van der Waals surface area contributed by atoms with E-state index in [0.717, 1.165) is 11.0 Å². The average Bonchev–Trinajstić information content (AvgIpc) is 3.15. The van der Waals surface area contributed by atoms with Gasteiger partial charge in [0.15, 0.2) is 0 Å². The van der Waals surface area contributed by atoms with E-state index >= 15 is 0 Å². The lowest BCUT2D eigenvalue weighted by atomic mass is 10.2. The summed E-state index contributed by atoms with van der Waals surface area (Å²) in [6.07, 6.45) is 0. The summed E-state index contributed by atoms with van der Waals surface area (Å²) in [5, 5.41) is 12.1. The first-order valence-electron chi connectivity index (χ1n) is 6.71. The van der Waals surface area contributed by atoms with E-state index in [-0.39, 0.29) is 16.5 Å². The van der Waals surface area contributed by atoms with Crippen LogP contribution in [0, 0.1) is 5.82 Å². The van der Waals surface area contributed by atoms with Gasteiger partial charge < -0.3 is 4.52 Å². The Morgan fingerprint density at radius 2 is 2.09 bits per heavy atom. The lowest BCUT2D eigenvalue weighted by Crippen LogP contribution is -1.90. The van der Waals surface area contributed by atoms with Gasteiger partial charge in [0, 0.05) is 12.6 Å². The molecule has 0 saturated heterocycles. The maximum atomic E-state index is 13.9. The third-order valence-electron chi connectivity index (χ3n) is 3.47. The first kappa shape index (κ1) is 13.8. The number of aryl methyl sites for hydroxylation is 1. The van der Waals surface area contributed by atoms with Crippen LogP contribution >= 0.6 is 11.6 Å². The zero-order valence-electron chi connectivity index (χ0n) is 11.9. The molecule has 0 spiro atoms. The van der Waals surface area contributed by atoms with Gasteiger partial charge in [-0.15, -0.1) is 5.10 Å². The van der Waals surface area contributed by atoms with Gasteiger partial charge in [0.2, 0.25) is 5.82 Å². The lowest BCUT2D eigenvalue weighted by Gasteiger charge is -1.99. The third kappa shape index (κ3) is 2.25. The van der Waals surface area contributed by atoms with Crippen LogP contribution < -0.4 is 0 Å². The fourth-order valence-electron chi connectivity index (χ4n) is 2.31. The van der Waals surface area contributed by atoms with E-state index in [9.17, 15) is 4.39 Å². The van der Waals surface area contributed by atoms with E-state index in [1.165, 1.54) is 12.1 Å². The molecule has 0 fully saturated rings. The Hall–Kier alpha value is -2.80. The molecule has 2 aromatic carbocycles. The van der Waals surface area contributed by atoms with Crippen molar-refractivity contribution in [1.82, 2.24) is 25.1 Å². The minimum Gasteiger partial charge on any atom is -0.333 e. The van der Waals surface area contributed by atoms with Crippen molar-refractivity contribution in [1.29, 1.82) is 0 Å². The molecule has 0 radical (unpaired) electrons. The van der Waals surface area contributed by atoms with Crippen LogP contribution in [0.4, 0.5) is 4.39 Å². The van der Waals surface area contributed by atoms with Crippen LogP contribution in [0.3, 0.4) is 0 Å². The van der Waals surface area contributed by atoms with E-state index in [4.69, 9.17) is 16.1 Å². The molecule has 0 bridgehead atoms. The summed E-state index contributed by atoms with van der Waals surface area (Å²) in [7, 11) is 1.79. The van der Waals surface area contributed by atoms with Crippen molar-refractivity contribution in [2.24, 2.45) is 7.05 Å². The van der Waals surface area contributed by atoms with E-state index in [1.807, 2.05) is 12.1 Å². The van der Waals surface area contributed by atoms with E-state index in [1.54, 1.807) is 23.9 Å². The number of nitrogens with zero attached hydrogens (tertiary/aromatic N) is 5. The van der Waals surface area contributed by atoms with E-state index in [2.05, 4.69) is 20.5 Å². The predicted molar refractivity (Wildman–Crippen MR) is 82.2 cm³/mol. The molecule has 0 N–H and O–H groups in total. The molecule has 4 aromatic rings. The standard InChI is InChI=1S/C15H9ClFN5O/c1-22-12-7-8(5-6-11(12)19-21-22)14-18-15(23-20-14)13-9(16)3-2-4-10(13)17/h2-7H,1H3. The van der Waals surface area contributed by atoms with Gasteiger partial charge in [-0.05, 0) is 30.3 Å². The summed E-state index contributed by atoms with van der Waals surface area (Å²) in [5.41, 5.74) is 2.40. The van der Waals surface area contributed by atoms with Crippen LogP contribution in [-0.4, -0.2) is 25.1 Å². The van der Waals surface area contributed by atoms with Gasteiger partial charge in [-0.2, -0.15) is 4.98 Å². The van der Waals surface area contributed by atoms with E-state index < -0.39 is 5.82 Å². The van der Waals surface area contributed by atoms with Crippen LogP contribution in [-0.2, 0) is 7.05 Å². The van der Waals surface area contributed by atoms with Gasteiger partial charge in [-0.1, -0.05) is 28.0 Å². The van der Waals surface area contributed by atoms with Gasteiger partial charge in [0.05, 0.1) is 16.1 Å². The minimum atomic E-state index is -0.515. The third-order valence-corrected chi connectivity index (χ3v) is 3.79. The second-order valence-corrected chi connectivity index (χ2v) is 5.34. The molecule has 6 nitrogen and oxygen atoms in total. The average molecular weight is 330 g/mol. The molecule has 0 aliphatic heterocycles. The normalized spacial score (nSPS) is 11.3. The monoisotopic (exact) mass is 329 g/mol. The molecule has 4 rings (SSSR count). The number of benzene rings is 2. The fraction of sp³-hybridized carbons (Fsp3) is 0.0667. The fourth-order valence-corrected chi connectivity index (χ4v) is 2.56. The smallest absolute Gasteiger partial charge is 0.262 e. The molecule has 2 aromatic heterocycles. The molecule has 0 amide bonds. The Kier molecular flexibility index (Phi) is 3.09. The summed E-state index contributed by atoms with van der Waals surface area (Å²) in [6, 6.07) is 9.82. The number of aromatic nitrogens is 5. The summed E-state index contributed by atoms with van der Waals surface area (Å²) in [4.78, 5) is 4.24. The summed E-state index contributed by atoms with van der Waals surface area (Å²) in [5.74, 6) is -0.146. The maximum Gasteiger partial charge on any atom is 0.262 e. The van der Waals surface area contributed by atoms with Crippen LogP contribution in [0.2, 0.25) is 5.02 Å². The maximum absolute atomic E-state index is 13.9. The molecular formula is C15H9ClFN5O. The SMILES string of the molecule is Cn1nnc2ccc(-c3noc(-c4c(F)cccc4Cl)n3)cc21. The number of hydrogen-bond donors (Lipinski definition) is 0. The Balaban J connectivity index is 1.81. The van der Waals surface area contributed by atoms with Crippen LogP contribution in [0.5, 0.6) is 0 Å². The molecule has 0 atom stereocenters. The molecule has 0 aliphatic carbocycles. The highest BCUT2D eigenvalue weighted by molar-refractivity contribution is 6.33. The highest BCUT2D eigenvalue weighted by Crippen LogP contribution is 2.31. The Morgan fingerprint density at radius 1 is 1.22 bits per heavy atom. The Morgan fingerprint density at radius 3 is 2.91 bits per heavy atom. The zero-order chi connectivity index (χ0) is 16.0. The number of hydrogen-bond acceptors (Lipinski definition) is 5. The van der Waals surface area contributed by atoms with Gasteiger partial charge in [0.1, 0.15) is 11.3 Å². The van der Waals surface area contributed by atoms with Crippen LogP contribution in [0.1, 0.15) is 0 Å². The Bertz CT molecular complexity index is 1010. The molecule has 8 heteroatoms. The Labute approximate surface area is 134 Å². The first-order chi connectivity index (χ1) is 11.1. The zero-order valence-corrected chi connectivity index (χ0v) is 12.6. The highest BCUT2D eigenvalue weighted by atomic mass is 35.5. The molecule has 0 unspecified atom stereocenters. The quantitative estimate of drug-likeness (QED) is 0.563. The molecule has 23 heavy (non-hydrogen) atoms. The highest BCUT2D eigenvalue weighted by Gasteiger charge is 2.18. The largest absolute Gasteiger partial charge is 0.333 e. The second-order valence-electron chi connectivity index (χ2n) is 4.94. The second kappa shape index (κ2) is 5.13. The summed E-state index contributed by atoms with van der Waals surface area (Å²) in [6.45, 7) is 0. The van der Waals surface area contributed by atoms with Crippen molar-refractivity contribution in [3.05, 3.63) is 47.2 Å². The van der Waals surface area contributed by atoms with Crippen molar-refractivity contribution in [3.63, 3.8) is 0 Å². The van der Waals surface area contributed by atoms with E-state index in [0.29, 0.717) is 11.4 Å². The molecule has 114 valence electrons. The molecule has 0 aliphatic rings. The summed E-state index contributed by atoms with van der Waals surface area (Å²) >= 11 is 6.02. The van der Waals surface area contributed by atoms with Crippen molar-refractivity contribution in [3.8, 4) is 22.8 Å². The van der Waals surface area contributed by atoms with Gasteiger partial charge in [-0.3, -0.25) is 0 Å². The van der Waals surface area contributed by atoms with Crippen molar-refractivity contribution in [2.75, 3.05) is 0 Å². The van der Waals surface area contributed by atoms with Gasteiger partial charge >= 0.3 is 0 Å². The predicted octanol–water partition coefficient (Wildman–Crippen LogP) is 3.48.